The molecule has 1 aromatic heterocycles. The van der Waals surface area contributed by atoms with Crippen LogP contribution < -0.4 is 4.72 Å². The second kappa shape index (κ2) is 3.73. The van der Waals surface area contributed by atoms with Crippen LogP contribution in [-0.2, 0) is 11.3 Å². The molecule has 1 heterocycles. The van der Waals surface area contributed by atoms with Gasteiger partial charge in [-0.15, -0.1) is 0 Å². The van der Waals surface area contributed by atoms with Gasteiger partial charge in [0.2, 0.25) is 0 Å². The van der Waals surface area contributed by atoms with Gasteiger partial charge in [0.25, 0.3) is 11.3 Å². The van der Waals surface area contributed by atoms with E-state index >= 15 is 0 Å². The van der Waals surface area contributed by atoms with Crippen LogP contribution >= 0.6 is 0 Å². The molecule has 2 rings (SSSR count). The maximum atomic E-state index is 10.5. The van der Waals surface area contributed by atoms with Crippen LogP contribution in [0.1, 0.15) is 0 Å². The van der Waals surface area contributed by atoms with E-state index in [1.54, 1.807) is 24.4 Å². The van der Waals surface area contributed by atoms with Gasteiger partial charge in [-0.25, -0.2) is 4.21 Å². The predicted molar refractivity (Wildman–Crippen MR) is 56.1 cm³/mol. The van der Waals surface area contributed by atoms with Gasteiger partial charge in [0.15, 0.2) is 0 Å². The molecule has 0 saturated heterocycles. The van der Waals surface area contributed by atoms with E-state index in [-0.39, 0.29) is 0 Å². The van der Waals surface area contributed by atoms with E-state index in [2.05, 4.69) is 9.71 Å². The van der Waals surface area contributed by atoms with Gasteiger partial charge >= 0.3 is 0 Å². The zero-order chi connectivity index (χ0) is 9.97. The van der Waals surface area contributed by atoms with Crippen LogP contribution in [0, 0.1) is 0 Å². The van der Waals surface area contributed by atoms with Gasteiger partial charge < -0.3 is 0 Å². The zero-order valence-corrected chi connectivity index (χ0v) is 7.99. The quantitative estimate of drug-likeness (QED) is 0.739. The summed E-state index contributed by atoms with van der Waals surface area (Å²) < 4.78 is 21.5. The smallest absolute Gasteiger partial charge is 0.259 e. The van der Waals surface area contributed by atoms with E-state index in [0.29, 0.717) is 5.69 Å². The van der Waals surface area contributed by atoms with Gasteiger partial charge in [-0.2, -0.15) is 0 Å². The lowest BCUT2D eigenvalue weighted by atomic mass is 10.2. The minimum absolute atomic E-state index is 0.603. The van der Waals surface area contributed by atoms with Crippen molar-refractivity contribution in [1.29, 1.82) is 0 Å². The zero-order valence-electron chi connectivity index (χ0n) is 7.18. The molecule has 4 nitrogen and oxygen atoms in total. The number of nitrogens with zero attached hydrogens (tertiary/aromatic N) is 1. The number of anilines is 1. The number of hydrogen-bond acceptors (Lipinski definition) is 2. The van der Waals surface area contributed by atoms with Crippen LogP contribution in [0.4, 0.5) is 5.69 Å². The second-order valence-corrected chi connectivity index (χ2v) is 3.46. The maximum Gasteiger partial charge on any atom is 0.259 e. The summed E-state index contributed by atoms with van der Waals surface area (Å²) in [5, 5.41) is 0.933. The Morgan fingerprint density at radius 3 is 3.00 bits per heavy atom. The summed E-state index contributed by atoms with van der Waals surface area (Å²) in [7, 11) is 0. The van der Waals surface area contributed by atoms with Gasteiger partial charge in [-0.05, 0) is 24.3 Å². The summed E-state index contributed by atoms with van der Waals surface area (Å²) in [6.45, 7) is 0. The van der Waals surface area contributed by atoms with Crippen LogP contribution in [0.15, 0.2) is 36.5 Å². The highest BCUT2D eigenvalue weighted by molar-refractivity contribution is 7.80. The fourth-order valence-electron chi connectivity index (χ4n) is 1.24. The molecule has 0 bridgehead atoms. The summed E-state index contributed by atoms with van der Waals surface area (Å²) in [5.41, 5.74) is 1.47. The summed E-state index contributed by atoms with van der Waals surface area (Å²) in [5.74, 6) is 0. The van der Waals surface area contributed by atoms with Crippen molar-refractivity contribution in [3.8, 4) is 0 Å². The predicted octanol–water partition coefficient (Wildman–Crippen LogP) is 1.78. The number of rotatable bonds is 2. The van der Waals surface area contributed by atoms with Crippen LogP contribution in [-0.4, -0.2) is 13.7 Å². The molecule has 1 unspecified atom stereocenters. The molecule has 72 valence electrons. The maximum absolute atomic E-state index is 10.5. The molecular weight excluding hydrogens is 200 g/mol. The molecule has 0 aliphatic heterocycles. The third-order valence-corrected chi connectivity index (χ3v) is 2.22. The van der Waals surface area contributed by atoms with Crippen LogP contribution in [0.5, 0.6) is 0 Å². The standard InChI is InChI=1S/C9H8N2O2S/c12-14(13)11-8-3-4-9-7(6-8)2-1-5-10-9/h1-6,11H,(H,12,13). The molecule has 1 aromatic carbocycles. The van der Waals surface area contributed by atoms with E-state index in [4.69, 9.17) is 4.55 Å². The number of hydrogen-bond donors (Lipinski definition) is 2. The SMILES string of the molecule is O=S(O)Nc1ccc2ncccc2c1. The van der Waals surface area contributed by atoms with Crippen molar-refractivity contribution in [3.63, 3.8) is 0 Å². The molecule has 0 spiro atoms. The third kappa shape index (κ3) is 1.89. The van der Waals surface area contributed by atoms with Gasteiger partial charge in [0, 0.05) is 17.3 Å². The van der Waals surface area contributed by atoms with E-state index in [1.807, 2.05) is 12.1 Å². The molecule has 0 aliphatic carbocycles. The monoisotopic (exact) mass is 208 g/mol. The Morgan fingerprint density at radius 1 is 1.36 bits per heavy atom. The number of pyridine rings is 1. The van der Waals surface area contributed by atoms with Crippen LogP contribution in [0.2, 0.25) is 0 Å². The van der Waals surface area contributed by atoms with Crippen LogP contribution in [0.25, 0.3) is 10.9 Å². The lowest BCUT2D eigenvalue weighted by molar-refractivity contribution is 0.570. The fourth-order valence-corrected chi connectivity index (χ4v) is 1.57. The molecule has 0 saturated carbocycles. The van der Waals surface area contributed by atoms with E-state index in [9.17, 15) is 4.21 Å². The summed E-state index contributed by atoms with van der Waals surface area (Å²) in [4.78, 5) is 4.14. The van der Waals surface area contributed by atoms with E-state index < -0.39 is 11.3 Å². The molecule has 14 heavy (non-hydrogen) atoms. The highest BCUT2D eigenvalue weighted by atomic mass is 32.2. The molecule has 5 heteroatoms. The van der Waals surface area contributed by atoms with Crippen molar-refractivity contribution < 1.29 is 8.76 Å². The molecule has 2 aromatic rings. The number of fused-ring (bicyclic) bond motifs is 1. The number of benzene rings is 1. The topological polar surface area (TPSA) is 62.2 Å². The largest absolute Gasteiger partial charge is 0.289 e. The Bertz CT molecular complexity index is 487. The van der Waals surface area contributed by atoms with Gasteiger partial charge in [-0.1, -0.05) is 6.07 Å². The lowest BCUT2D eigenvalue weighted by Crippen LogP contribution is -2.01. The van der Waals surface area contributed by atoms with Crippen molar-refractivity contribution in [1.82, 2.24) is 4.98 Å². The van der Waals surface area contributed by atoms with Crippen molar-refractivity contribution in [2.75, 3.05) is 4.72 Å². The molecule has 0 amide bonds. The Balaban J connectivity index is 2.46. The van der Waals surface area contributed by atoms with Gasteiger partial charge in [0.1, 0.15) is 0 Å². The van der Waals surface area contributed by atoms with Gasteiger partial charge in [-0.3, -0.25) is 14.3 Å². The first-order valence-electron chi connectivity index (χ1n) is 3.98. The second-order valence-electron chi connectivity index (χ2n) is 2.76. The first-order chi connectivity index (χ1) is 6.75. The van der Waals surface area contributed by atoms with Gasteiger partial charge in [0.05, 0.1) is 5.52 Å². The molecule has 0 radical (unpaired) electrons. The first kappa shape index (κ1) is 9.11. The third-order valence-electron chi connectivity index (χ3n) is 1.81. The van der Waals surface area contributed by atoms with E-state index in [1.165, 1.54) is 0 Å². The highest BCUT2D eigenvalue weighted by Gasteiger charge is 1.97. The minimum Gasteiger partial charge on any atom is -0.289 e. The average Bonchev–Trinajstić information content (AvgIpc) is 2.17. The Hall–Kier alpha value is -1.46. The summed E-state index contributed by atoms with van der Waals surface area (Å²) in [6, 6.07) is 9.00. The minimum atomic E-state index is -2.03. The average molecular weight is 208 g/mol. The summed E-state index contributed by atoms with van der Waals surface area (Å²) >= 11 is -2.03. The summed E-state index contributed by atoms with van der Waals surface area (Å²) in [6.07, 6.45) is 1.71. The Labute approximate surface area is 83.4 Å². The Kier molecular flexibility index (Phi) is 2.43. The number of aromatic nitrogens is 1. The molecule has 2 N–H and O–H groups in total. The molecule has 0 fully saturated rings. The lowest BCUT2D eigenvalue weighted by Gasteiger charge is -2.02. The van der Waals surface area contributed by atoms with Crippen molar-refractivity contribution in [3.05, 3.63) is 36.5 Å². The molecule has 1 atom stereocenters. The normalized spacial score (nSPS) is 12.6. The van der Waals surface area contributed by atoms with Crippen molar-refractivity contribution in [2.24, 2.45) is 0 Å². The fraction of sp³-hybridized carbons (Fsp3) is 0. The molecule has 0 aliphatic rings. The first-order valence-corrected chi connectivity index (χ1v) is 5.09. The van der Waals surface area contributed by atoms with Crippen molar-refractivity contribution in [2.45, 2.75) is 0 Å². The van der Waals surface area contributed by atoms with E-state index in [0.717, 1.165) is 10.9 Å². The number of nitrogens with one attached hydrogen (secondary N) is 1. The van der Waals surface area contributed by atoms with Crippen molar-refractivity contribution >= 4 is 27.9 Å². The van der Waals surface area contributed by atoms with Crippen LogP contribution in [0.3, 0.4) is 0 Å². The highest BCUT2D eigenvalue weighted by Crippen LogP contribution is 2.16. The Morgan fingerprint density at radius 2 is 2.21 bits per heavy atom. The molecular formula is C9H8N2O2S.